The first-order chi connectivity index (χ1) is 8.68. The molecule has 4 heteroatoms. The molecule has 1 aliphatic rings. The van der Waals surface area contributed by atoms with E-state index in [4.69, 9.17) is 4.74 Å². The molecular formula is C14H17BrO3. The summed E-state index contributed by atoms with van der Waals surface area (Å²) in [4.78, 5) is 11.2. The Bertz CT molecular complexity index is 425. The average molecular weight is 313 g/mol. The molecule has 1 N–H and O–H groups in total. The minimum Gasteiger partial charge on any atom is -0.492 e. The first kappa shape index (κ1) is 13.4. The normalized spacial score (nSPS) is 16.5. The third-order valence-corrected chi connectivity index (χ3v) is 4.05. The van der Waals surface area contributed by atoms with Gasteiger partial charge in [-0.25, -0.2) is 4.79 Å². The highest BCUT2D eigenvalue weighted by molar-refractivity contribution is 9.10. The van der Waals surface area contributed by atoms with Crippen molar-refractivity contribution in [1.82, 2.24) is 0 Å². The highest BCUT2D eigenvalue weighted by atomic mass is 79.9. The highest BCUT2D eigenvalue weighted by Gasteiger charge is 2.18. The van der Waals surface area contributed by atoms with Gasteiger partial charge in [-0.2, -0.15) is 0 Å². The van der Waals surface area contributed by atoms with Crippen LogP contribution in [-0.2, 0) is 0 Å². The van der Waals surface area contributed by atoms with Crippen LogP contribution in [-0.4, -0.2) is 17.7 Å². The number of benzene rings is 1. The van der Waals surface area contributed by atoms with E-state index >= 15 is 0 Å². The molecule has 2 rings (SSSR count). The van der Waals surface area contributed by atoms with Gasteiger partial charge in [-0.15, -0.1) is 0 Å². The Labute approximate surface area is 115 Å². The zero-order valence-corrected chi connectivity index (χ0v) is 11.8. The number of hydrogen-bond donors (Lipinski definition) is 1. The lowest BCUT2D eigenvalue weighted by molar-refractivity contribution is 0.0689. The van der Waals surface area contributed by atoms with Gasteiger partial charge >= 0.3 is 5.97 Å². The number of hydrogen-bond acceptors (Lipinski definition) is 2. The van der Waals surface area contributed by atoms with Crippen molar-refractivity contribution < 1.29 is 14.6 Å². The maximum absolute atomic E-state index is 11.2. The van der Waals surface area contributed by atoms with Crippen LogP contribution in [0.3, 0.4) is 0 Å². The molecule has 3 nitrogen and oxygen atoms in total. The van der Waals surface area contributed by atoms with Crippen LogP contribution in [0.25, 0.3) is 0 Å². The van der Waals surface area contributed by atoms with Crippen LogP contribution in [0.4, 0.5) is 0 Å². The second-order valence-electron chi connectivity index (χ2n) is 4.73. The zero-order chi connectivity index (χ0) is 13.0. The van der Waals surface area contributed by atoms with Crippen molar-refractivity contribution in [3.8, 4) is 5.75 Å². The fourth-order valence-electron chi connectivity index (χ4n) is 2.39. The van der Waals surface area contributed by atoms with Crippen molar-refractivity contribution >= 4 is 21.9 Å². The molecule has 1 aromatic carbocycles. The number of rotatable bonds is 4. The molecule has 1 saturated carbocycles. The lowest BCUT2D eigenvalue weighted by Crippen LogP contribution is -2.16. The Balaban J connectivity index is 2.04. The Morgan fingerprint density at radius 3 is 2.72 bits per heavy atom. The summed E-state index contributed by atoms with van der Waals surface area (Å²) >= 11 is 3.25. The maximum atomic E-state index is 11.2. The van der Waals surface area contributed by atoms with Crippen LogP contribution in [0, 0.1) is 5.92 Å². The van der Waals surface area contributed by atoms with E-state index < -0.39 is 5.97 Å². The van der Waals surface area contributed by atoms with E-state index in [1.54, 1.807) is 18.2 Å². The summed E-state index contributed by atoms with van der Waals surface area (Å²) < 4.78 is 6.27. The predicted octanol–water partition coefficient (Wildman–Crippen LogP) is 4.11. The van der Waals surface area contributed by atoms with E-state index in [0.717, 1.165) is 0 Å². The Hall–Kier alpha value is -1.03. The van der Waals surface area contributed by atoms with Gasteiger partial charge in [0.25, 0.3) is 0 Å². The molecule has 98 valence electrons. The van der Waals surface area contributed by atoms with Gasteiger partial charge in [-0.1, -0.05) is 25.3 Å². The highest BCUT2D eigenvalue weighted by Crippen LogP contribution is 2.29. The van der Waals surface area contributed by atoms with Crippen LogP contribution in [0.15, 0.2) is 22.7 Å². The summed E-state index contributed by atoms with van der Waals surface area (Å²) in [6.45, 7) is 0.622. The number of ether oxygens (including phenoxy) is 1. The van der Waals surface area contributed by atoms with Crippen LogP contribution in [0.1, 0.15) is 42.5 Å². The van der Waals surface area contributed by atoms with Crippen molar-refractivity contribution in [2.75, 3.05) is 6.61 Å². The van der Waals surface area contributed by atoms with Crippen LogP contribution in [0.5, 0.6) is 5.75 Å². The molecule has 0 aromatic heterocycles. The summed E-state index contributed by atoms with van der Waals surface area (Å²) in [5.41, 5.74) is 0.216. The second-order valence-corrected chi connectivity index (χ2v) is 5.59. The van der Waals surface area contributed by atoms with Crippen LogP contribution >= 0.6 is 15.9 Å². The largest absolute Gasteiger partial charge is 0.492 e. The number of carbonyl (C=O) groups is 1. The standard InChI is InChI=1S/C14H17BrO3/c15-11-7-4-8-12(13(11)14(16)17)18-9-10-5-2-1-3-6-10/h4,7-8,10H,1-3,5-6,9H2,(H,16,17). The fourth-order valence-corrected chi connectivity index (χ4v) is 2.91. The molecule has 0 saturated heterocycles. The van der Waals surface area contributed by atoms with Crippen LogP contribution < -0.4 is 4.74 Å². The Kier molecular flexibility index (Phi) is 4.64. The number of halogens is 1. The van der Waals surface area contributed by atoms with Crippen LogP contribution in [0.2, 0.25) is 0 Å². The van der Waals surface area contributed by atoms with E-state index in [1.165, 1.54) is 32.1 Å². The van der Waals surface area contributed by atoms with E-state index in [2.05, 4.69) is 15.9 Å². The summed E-state index contributed by atoms with van der Waals surface area (Å²) in [7, 11) is 0. The van der Waals surface area contributed by atoms with Gasteiger partial charge in [0.15, 0.2) is 0 Å². The van der Waals surface area contributed by atoms with Crippen molar-refractivity contribution in [3.63, 3.8) is 0 Å². The average Bonchev–Trinajstić information content (AvgIpc) is 2.37. The first-order valence-electron chi connectivity index (χ1n) is 6.33. The molecule has 0 amide bonds. The molecule has 18 heavy (non-hydrogen) atoms. The third-order valence-electron chi connectivity index (χ3n) is 3.39. The molecule has 0 bridgehead atoms. The lowest BCUT2D eigenvalue weighted by Gasteiger charge is -2.22. The number of aromatic carboxylic acids is 1. The quantitative estimate of drug-likeness (QED) is 0.910. The monoisotopic (exact) mass is 312 g/mol. The fraction of sp³-hybridized carbons (Fsp3) is 0.500. The molecule has 1 aliphatic carbocycles. The second kappa shape index (κ2) is 6.23. The molecular weight excluding hydrogens is 296 g/mol. The van der Waals surface area contributed by atoms with Gasteiger partial charge in [0.1, 0.15) is 11.3 Å². The van der Waals surface area contributed by atoms with Gasteiger partial charge in [0.05, 0.1) is 6.61 Å². The maximum Gasteiger partial charge on any atom is 0.340 e. The van der Waals surface area contributed by atoms with E-state index in [1.807, 2.05) is 0 Å². The molecule has 0 aliphatic heterocycles. The van der Waals surface area contributed by atoms with E-state index in [0.29, 0.717) is 22.7 Å². The molecule has 0 spiro atoms. The predicted molar refractivity (Wildman–Crippen MR) is 73.2 cm³/mol. The van der Waals surface area contributed by atoms with Gasteiger partial charge in [0, 0.05) is 4.47 Å². The Morgan fingerprint density at radius 2 is 2.06 bits per heavy atom. The molecule has 0 heterocycles. The van der Waals surface area contributed by atoms with Gasteiger partial charge in [-0.3, -0.25) is 0 Å². The zero-order valence-electron chi connectivity index (χ0n) is 10.2. The van der Waals surface area contributed by atoms with Crippen molar-refractivity contribution in [1.29, 1.82) is 0 Å². The SMILES string of the molecule is O=C(O)c1c(Br)cccc1OCC1CCCCC1. The van der Waals surface area contributed by atoms with E-state index in [9.17, 15) is 9.90 Å². The van der Waals surface area contributed by atoms with Crippen molar-refractivity contribution in [2.24, 2.45) is 5.92 Å². The summed E-state index contributed by atoms with van der Waals surface area (Å²) in [5.74, 6) is 0.0722. The lowest BCUT2D eigenvalue weighted by atomic mass is 9.90. The third kappa shape index (κ3) is 3.25. The first-order valence-corrected chi connectivity index (χ1v) is 7.12. The molecule has 1 aromatic rings. The van der Waals surface area contributed by atoms with Crippen molar-refractivity contribution in [2.45, 2.75) is 32.1 Å². The van der Waals surface area contributed by atoms with E-state index in [-0.39, 0.29) is 5.56 Å². The molecule has 1 fully saturated rings. The van der Waals surface area contributed by atoms with Crippen molar-refractivity contribution in [3.05, 3.63) is 28.2 Å². The summed E-state index contributed by atoms with van der Waals surface area (Å²) in [6, 6.07) is 5.24. The van der Waals surface area contributed by atoms with Gasteiger partial charge in [0.2, 0.25) is 0 Å². The topological polar surface area (TPSA) is 46.5 Å². The molecule has 0 radical (unpaired) electrons. The Morgan fingerprint density at radius 1 is 1.33 bits per heavy atom. The molecule has 0 atom stereocenters. The summed E-state index contributed by atoms with van der Waals surface area (Å²) in [5, 5.41) is 9.17. The molecule has 0 unspecified atom stereocenters. The van der Waals surface area contributed by atoms with Gasteiger partial charge in [-0.05, 0) is 46.8 Å². The van der Waals surface area contributed by atoms with Gasteiger partial charge < -0.3 is 9.84 Å². The minimum atomic E-state index is -0.957. The number of carboxylic acid groups (broad SMARTS) is 1. The minimum absolute atomic E-state index is 0.216. The number of carboxylic acids is 1. The smallest absolute Gasteiger partial charge is 0.340 e. The summed E-state index contributed by atoms with van der Waals surface area (Å²) in [6.07, 6.45) is 6.22.